The molecule has 0 aromatic rings. The molecule has 0 radical (unpaired) electrons. The van der Waals surface area contributed by atoms with Gasteiger partial charge in [-0.2, -0.15) is 0 Å². The third-order valence-corrected chi connectivity index (χ3v) is 3.72. The molecule has 2 saturated carbocycles. The van der Waals surface area contributed by atoms with Crippen molar-refractivity contribution >= 4 is 11.8 Å². The second-order valence-corrected chi connectivity index (χ2v) is 4.67. The maximum atomic E-state index is 11.7. The van der Waals surface area contributed by atoms with E-state index in [0.29, 0.717) is 12.3 Å². The van der Waals surface area contributed by atoms with E-state index in [1.807, 2.05) is 0 Å². The first-order valence-corrected chi connectivity index (χ1v) is 5.79. The van der Waals surface area contributed by atoms with Crippen molar-refractivity contribution in [2.75, 3.05) is 0 Å². The van der Waals surface area contributed by atoms with E-state index in [2.05, 4.69) is 10.9 Å². The molecule has 2 rings (SSSR count). The summed E-state index contributed by atoms with van der Waals surface area (Å²) in [6, 6.07) is 0. The van der Waals surface area contributed by atoms with E-state index in [1.165, 1.54) is 19.3 Å². The topological polar surface area (TPSA) is 58.2 Å². The summed E-state index contributed by atoms with van der Waals surface area (Å²) in [6.07, 6.45) is 5.09. The molecule has 2 fully saturated rings. The Balaban J connectivity index is 1.79. The molecule has 4 heteroatoms. The van der Waals surface area contributed by atoms with Crippen molar-refractivity contribution < 1.29 is 9.59 Å². The van der Waals surface area contributed by atoms with E-state index in [9.17, 15) is 9.59 Å². The molecule has 2 N–H and O–H groups in total. The van der Waals surface area contributed by atoms with E-state index < -0.39 is 0 Å². The summed E-state index contributed by atoms with van der Waals surface area (Å²) in [5, 5.41) is 0. The highest BCUT2D eigenvalue weighted by molar-refractivity contribution is 5.83. The first kappa shape index (κ1) is 10.5. The van der Waals surface area contributed by atoms with Gasteiger partial charge in [0.05, 0.1) is 0 Å². The van der Waals surface area contributed by atoms with E-state index in [4.69, 9.17) is 0 Å². The van der Waals surface area contributed by atoms with Gasteiger partial charge in [-0.05, 0) is 31.1 Å². The van der Waals surface area contributed by atoms with Gasteiger partial charge in [0.2, 0.25) is 11.8 Å². The number of fused-ring (bicyclic) bond motifs is 2. The van der Waals surface area contributed by atoms with Crippen LogP contribution in [-0.2, 0) is 9.59 Å². The standard InChI is InChI=1S/C11H18N2O2/c1-2-10(14)12-13-11(15)9-6-7-3-4-8(9)5-7/h7-9H,2-6H2,1H3,(H,12,14)(H,13,15)/t7-,8-,9+/m0/s1. The number of carbonyl (C=O) groups is 2. The maximum absolute atomic E-state index is 11.7. The second-order valence-electron chi connectivity index (χ2n) is 4.67. The van der Waals surface area contributed by atoms with Gasteiger partial charge in [-0.15, -0.1) is 0 Å². The second kappa shape index (κ2) is 4.21. The number of carbonyl (C=O) groups excluding carboxylic acids is 2. The lowest BCUT2D eigenvalue weighted by Crippen LogP contribution is -2.45. The van der Waals surface area contributed by atoms with Crippen molar-refractivity contribution in [2.24, 2.45) is 17.8 Å². The average molecular weight is 210 g/mol. The third kappa shape index (κ3) is 2.13. The Labute approximate surface area is 89.8 Å². The first-order chi connectivity index (χ1) is 7.20. The van der Waals surface area contributed by atoms with Crippen molar-refractivity contribution in [3.63, 3.8) is 0 Å². The minimum Gasteiger partial charge on any atom is -0.273 e. The molecule has 2 amide bonds. The smallest absolute Gasteiger partial charge is 0.241 e. The first-order valence-electron chi connectivity index (χ1n) is 5.79. The summed E-state index contributed by atoms with van der Waals surface area (Å²) in [5.74, 6) is 1.33. The van der Waals surface area contributed by atoms with Gasteiger partial charge in [-0.1, -0.05) is 13.3 Å². The van der Waals surface area contributed by atoms with Gasteiger partial charge in [0.15, 0.2) is 0 Å². The highest BCUT2D eigenvalue weighted by atomic mass is 16.2. The SMILES string of the molecule is CCC(=O)NNC(=O)[C@@H]1C[C@H]2CC[C@H]1C2. The predicted molar refractivity (Wildman–Crippen MR) is 55.5 cm³/mol. The molecule has 2 aliphatic rings. The van der Waals surface area contributed by atoms with Crippen LogP contribution >= 0.6 is 0 Å². The minimum absolute atomic E-state index is 0.00370. The van der Waals surface area contributed by atoms with Crippen LogP contribution in [0.2, 0.25) is 0 Å². The summed E-state index contributed by atoms with van der Waals surface area (Å²) in [5.41, 5.74) is 4.95. The summed E-state index contributed by atoms with van der Waals surface area (Å²) >= 11 is 0. The zero-order valence-corrected chi connectivity index (χ0v) is 9.08. The van der Waals surface area contributed by atoms with Crippen molar-refractivity contribution in [1.29, 1.82) is 0 Å². The fraction of sp³-hybridized carbons (Fsp3) is 0.818. The molecular formula is C11H18N2O2. The molecule has 2 bridgehead atoms. The lowest BCUT2D eigenvalue weighted by Gasteiger charge is -2.20. The Kier molecular flexibility index (Phi) is 2.93. The van der Waals surface area contributed by atoms with Gasteiger partial charge in [0.25, 0.3) is 0 Å². The van der Waals surface area contributed by atoms with E-state index in [0.717, 1.165) is 12.3 Å². The van der Waals surface area contributed by atoms with Crippen LogP contribution in [0.15, 0.2) is 0 Å². The monoisotopic (exact) mass is 210 g/mol. The molecule has 0 spiro atoms. The molecule has 0 aromatic carbocycles. The fourth-order valence-corrected chi connectivity index (χ4v) is 2.88. The van der Waals surface area contributed by atoms with Crippen LogP contribution in [0.25, 0.3) is 0 Å². The Hall–Kier alpha value is -1.06. The quantitative estimate of drug-likeness (QED) is 0.667. The number of hydrogen-bond donors (Lipinski definition) is 2. The van der Waals surface area contributed by atoms with E-state index >= 15 is 0 Å². The zero-order chi connectivity index (χ0) is 10.8. The maximum Gasteiger partial charge on any atom is 0.241 e. The van der Waals surface area contributed by atoms with E-state index in [1.54, 1.807) is 6.92 Å². The van der Waals surface area contributed by atoms with Crippen LogP contribution in [0.4, 0.5) is 0 Å². The molecule has 3 atom stereocenters. The van der Waals surface area contributed by atoms with Crippen molar-refractivity contribution in [3.05, 3.63) is 0 Å². The number of hydrogen-bond acceptors (Lipinski definition) is 2. The lowest BCUT2D eigenvalue weighted by atomic mass is 9.88. The highest BCUT2D eigenvalue weighted by Crippen LogP contribution is 2.48. The average Bonchev–Trinajstić information content (AvgIpc) is 2.86. The normalized spacial score (nSPS) is 32.7. The molecular weight excluding hydrogens is 192 g/mol. The van der Waals surface area contributed by atoms with E-state index in [-0.39, 0.29) is 17.7 Å². The molecule has 2 aliphatic carbocycles. The minimum atomic E-state index is -0.133. The molecule has 0 unspecified atom stereocenters. The summed E-state index contributed by atoms with van der Waals surface area (Å²) in [7, 11) is 0. The fourth-order valence-electron chi connectivity index (χ4n) is 2.88. The largest absolute Gasteiger partial charge is 0.273 e. The van der Waals surface area contributed by atoms with Crippen LogP contribution in [0.1, 0.15) is 39.0 Å². The van der Waals surface area contributed by atoms with Gasteiger partial charge in [-0.3, -0.25) is 20.4 Å². The number of amides is 2. The molecule has 0 aromatic heterocycles. The summed E-state index contributed by atoms with van der Waals surface area (Å²) in [6.45, 7) is 1.76. The van der Waals surface area contributed by atoms with Crippen LogP contribution in [-0.4, -0.2) is 11.8 Å². The van der Waals surface area contributed by atoms with Gasteiger partial charge in [0, 0.05) is 12.3 Å². The molecule has 0 saturated heterocycles. The van der Waals surface area contributed by atoms with Crippen LogP contribution < -0.4 is 10.9 Å². The van der Waals surface area contributed by atoms with Crippen molar-refractivity contribution in [1.82, 2.24) is 10.9 Å². The Morgan fingerprint density at radius 1 is 1.20 bits per heavy atom. The van der Waals surface area contributed by atoms with Crippen molar-refractivity contribution in [3.8, 4) is 0 Å². The molecule has 84 valence electrons. The zero-order valence-electron chi connectivity index (χ0n) is 9.08. The predicted octanol–water partition coefficient (Wildman–Crippen LogP) is 0.980. The highest BCUT2D eigenvalue weighted by Gasteiger charge is 2.43. The lowest BCUT2D eigenvalue weighted by molar-refractivity contribution is -0.132. The van der Waals surface area contributed by atoms with Gasteiger partial charge < -0.3 is 0 Å². The van der Waals surface area contributed by atoms with Gasteiger partial charge >= 0.3 is 0 Å². The Morgan fingerprint density at radius 2 is 2.00 bits per heavy atom. The van der Waals surface area contributed by atoms with Crippen LogP contribution in [0, 0.1) is 17.8 Å². The Morgan fingerprint density at radius 3 is 2.53 bits per heavy atom. The van der Waals surface area contributed by atoms with Crippen molar-refractivity contribution in [2.45, 2.75) is 39.0 Å². The van der Waals surface area contributed by atoms with Gasteiger partial charge in [0.1, 0.15) is 0 Å². The number of hydrazine groups is 1. The molecule has 15 heavy (non-hydrogen) atoms. The van der Waals surface area contributed by atoms with Crippen LogP contribution in [0.5, 0.6) is 0 Å². The van der Waals surface area contributed by atoms with Gasteiger partial charge in [-0.25, -0.2) is 0 Å². The molecule has 0 aliphatic heterocycles. The molecule has 0 heterocycles. The number of nitrogens with one attached hydrogen (secondary N) is 2. The molecule has 4 nitrogen and oxygen atoms in total. The van der Waals surface area contributed by atoms with Crippen LogP contribution in [0.3, 0.4) is 0 Å². The summed E-state index contributed by atoms with van der Waals surface area (Å²) < 4.78 is 0. The number of rotatable bonds is 2. The summed E-state index contributed by atoms with van der Waals surface area (Å²) in [4.78, 5) is 22.7. The third-order valence-electron chi connectivity index (χ3n) is 3.72. The Bertz CT molecular complexity index is 278.